The average Bonchev–Trinajstić information content (AvgIpc) is 2.49. The molecule has 0 radical (unpaired) electrons. The molecule has 0 fully saturated rings. The molecule has 0 aliphatic carbocycles. The van der Waals surface area contributed by atoms with E-state index >= 15 is 0 Å². The predicted octanol–water partition coefficient (Wildman–Crippen LogP) is 2.59. The maximum Gasteiger partial charge on any atom is 0.264 e. The Hall–Kier alpha value is -1.85. The molecule has 2 aromatic carbocycles. The third kappa shape index (κ3) is 2.94. The predicted molar refractivity (Wildman–Crippen MR) is 85.8 cm³/mol. The van der Waals surface area contributed by atoms with Crippen LogP contribution in [0.1, 0.15) is 16.7 Å². The van der Waals surface area contributed by atoms with E-state index in [2.05, 4.69) is 0 Å². The minimum atomic E-state index is -3.59. The summed E-state index contributed by atoms with van der Waals surface area (Å²) in [4.78, 5) is 0.292. The fourth-order valence-corrected chi connectivity index (χ4v) is 3.47. The Bertz CT molecular complexity index is 755. The number of sulfonamides is 1. The van der Waals surface area contributed by atoms with Gasteiger partial charge in [0.25, 0.3) is 10.0 Å². The van der Waals surface area contributed by atoms with Gasteiger partial charge in [0.05, 0.1) is 10.6 Å². The Balaban J connectivity index is 2.50. The Kier molecular flexibility index (Phi) is 4.34. The second kappa shape index (κ2) is 5.87. The van der Waals surface area contributed by atoms with E-state index in [4.69, 9.17) is 5.73 Å². The first-order valence-electron chi connectivity index (χ1n) is 6.72. The molecule has 0 saturated heterocycles. The van der Waals surface area contributed by atoms with Crippen LogP contribution in [0, 0.1) is 13.8 Å². The molecular weight excluding hydrogens is 284 g/mol. The molecular formula is C16H20N2O2S. The van der Waals surface area contributed by atoms with Gasteiger partial charge >= 0.3 is 0 Å². The zero-order chi connectivity index (χ0) is 15.6. The second-order valence-electron chi connectivity index (χ2n) is 5.05. The summed E-state index contributed by atoms with van der Waals surface area (Å²) in [6.45, 7) is 4.16. The van der Waals surface area contributed by atoms with Gasteiger partial charge in [0.1, 0.15) is 0 Å². The molecule has 0 amide bonds. The fraction of sp³-hybridized carbons (Fsp3) is 0.250. The van der Waals surface area contributed by atoms with Gasteiger partial charge in [-0.05, 0) is 48.7 Å². The van der Waals surface area contributed by atoms with Crippen LogP contribution < -0.4 is 10.0 Å². The Morgan fingerprint density at radius 1 is 1.05 bits per heavy atom. The van der Waals surface area contributed by atoms with Crippen molar-refractivity contribution in [2.45, 2.75) is 25.3 Å². The van der Waals surface area contributed by atoms with Crippen molar-refractivity contribution < 1.29 is 8.42 Å². The van der Waals surface area contributed by atoms with Crippen LogP contribution in [-0.2, 0) is 16.6 Å². The normalized spacial score (nSPS) is 11.4. The number of rotatable bonds is 4. The van der Waals surface area contributed by atoms with Crippen molar-refractivity contribution in [2.75, 3.05) is 11.4 Å². The summed E-state index contributed by atoms with van der Waals surface area (Å²) in [7, 11) is -2.03. The van der Waals surface area contributed by atoms with Gasteiger partial charge < -0.3 is 5.73 Å². The lowest BCUT2D eigenvalue weighted by molar-refractivity contribution is 0.594. The molecule has 0 unspecified atom stereocenters. The Morgan fingerprint density at radius 3 is 2.33 bits per heavy atom. The topological polar surface area (TPSA) is 63.4 Å². The van der Waals surface area contributed by atoms with Crippen molar-refractivity contribution in [3.8, 4) is 0 Å². The van der Waals surface area contributed by atoms with Crippen LogP contribution in [0.25, 0.3) is 0 Å². The van der Waals surface area contributed by atoms with Crippen molar-refractivity contribution in [1.29, 1.82) is 0 Å². The molecule has 2 aromatic rings. The van der Waals surface area contributed by atoms with Crippen LogP contribution in [0.4, 0.5) is 5.69 Å². The van der Waals surface area contributed by atoms with Crippen molar-refractivity contribution >= 4 is 15.7 Å². The highest BCUT2D eigenvalue weighted by Crippen LogP contribution is 2.26. The van der Waals surface area contributed by atoms with Crippen molar-refractivity contribution in [2.24, 2.45) is 5.73 Å². The molecule has 4 nitrogen and oxygen atoms in total. The first kappa shape index (κ1) is 15.5. The van der Waals surface area contributed by atoms with Crippen LogP contribution in [0.2, 0.25) is 0 Å². The summed E-state index contributed by atoms with van der Waals surface area (Å²) in [5.74, 6) is 0. The molecule has 21 heavy (non-hydrogen) atoms. The number of anilines is 1. The molecule has 2 N–H and O–H groups in total. The summed E-state index contributed by atoms with van der Waals surface area (Å²) in [6, 6.07) is 12.4. The number of aryl methyl sites for hydroxylation is 2. The van der Waals surface area contributed by atoms with Gasteiger partial charge in [-0.2, -0.15) is 0 Å². The summed E-state index contributed by atoms with van der Waals surface area (Å²) < 4.78 is 26.8. The van der Waals surface area contributed by atoms with E-state index in [1.54, 1.807) is 31.3 Å². The van der Waals surface area contributed by atoms with E-state index in [9.17, 15) is 8.42 Å². The van der Waals surface area contributed by atoms with Crippen LogP contribution >= 0.6 is 0 Å². The van der Waals surface area contributed by atoms with Crippen LogP contribution in [0.15, 0.2) is 47.4 Å². The highest BCUT2D eigenvalue weighted by atomic mass is 32.2. The molecule has 0 aliphatic heterocycles. The number of hydrogen-bond donors (Lipinski definition) is 1. The van der Waals surface area contributed by atoms with E-state index in [1.165, 1.54) is 4.31 Å². The lowest BCUT2D eigenvalue weighted by Gasteiger charge is -2.22. The van der Waals surface area contributed by atoms with Gasteiger partial charge in [0.2, 0.25) is 0 Å². The van der Waals surface area contributed by atoms with E-state index in [0.717, 1.165) is 16.7 Å². The number of nitrogens with two attached hydrogens (primary N) is 1. The third-order valence-corrected chi connectivity index (χ3v) is 5.45. The lowest BCUT2D eigenvalue weighted by Crippen LogP contribution is -2.28. The standard InChI is InChI=1S/C16H20N2O2S/c1-12-8-9-15(10-13(12)2)21(19,20)18(3)16-7-5-4-6-14(16)11-17/h4-10H,11,17H2,1-3H3. The van der Waals surface area contributed by atoms with Gasteiger partial charge in [-0.1, -0.05) is 24.3 Å². The van der Waals surface area contributed by atoms with Gasteiger partial charge in [0, 0.05) is 13.6 Å². The van der Waals surface area contributed by atoms with Crippen LogP contribution in [0.5, 0.6) is 0 Å². The smallest absolute Gasteiger partial charge is 0.264 e. The maximum absolute atomic E-state index is 12.7. The lowest BCUT2D eigenvalue weighted by atomic mass is 10.1. The van der Waals surface area contributed by atoms with E-state index < -0.39 is 10.0 Å². The highest BCUT2D eigenvalue weighted by Gasteiger charge is 2.23. The zero-order valence-electron chi connectivity index (χ0n) is 12.5. The highest BCUT2D eigenvalue weighted by molar-refractivity contribution is 7.92. The molecule has 0 saturated carbocycles. The second-order valence-corrected chi connectivity index (χ2v) is 7.02. The number of benzene rings is 2. The average molecular weight is 304 g/mol. The molecule has 0 aliphatic rings. The number of nitrogens with zero attached hydrogens (tertiary/aromatic N) is 1. The van der Waals surface area contributed by atoms with Gasteiger partial charge in [-0.25, -0.2) is 8.42 Å². The number of para-hydroxylation sites is 1. The van der Waals surface area contributed by atoms with E-state index in [-0.39, 0.29) is 0 Å². The number of hydrogen-bond acceptors (Lipinski definition) is 3. The fourth-order valence-electron chi connectivity index (χ4n) is 2.15. The largest absolute Gasteiger partial charge is 0.326 e. The molecule has 0 heterocycles. The van der Waals surface area contributed by atoms with Gasteiger partial charge in [0.15, 0.2) is 0 Å². The summed E-state index contributed by atoms with van der Waals surface area (Å²) in [5.41, 5.74) is 9.12. The summed E-state index contributed by atoms with van der Waals surface area (Å²) in [6.07, 6.45) is 0. The molecule has 0 spiro atoms. The van der Waals surface area contributed by atoms with Gasteiger partial charge in [-0.15, -0.1) is 0 Å². The Labute approximate surface area is 126 Å². The minimum absolute atomic E-state index is 0.292. The molecule has 2 rings (SSSR count). The monoisotopic (exact) mass is 304 g/mol. The van der Waals surface area contributed by atoms with E-state index in [1.807, 2.05) is 32.0 Å². The molecule has 5 heteroatoms. The van der Waals surface area contributed by atoms with Crippen molar-refractivity contribution in [3.63, 3.8) is 0 Å². The van der Waals surface area contributed by atoms with E-state index in [0.29, 0.717) is 17.1 Å². The summed E-state index contributed by atoms with van der Waals surface area (Å²) >= 11 is 0. The molecule has 112 valence electrons. The Morgan fingerprint density at radius 2 is 1.71 bits per heavy atom. The third-order valence-electron chi connectivity index (χ3n) is 3.69. The molecule has 0 atom stereocenters. The maximum atomic E-state index is 12.7. The quantitative estimate of drug-likeness (QED) is 0.944. The molecule has 0 bridgehead atoms. The van der Waals surface area contributed by atoms with Crippen LogP contribution in [0.3, 0.4) is 0 Å². The first-order valence-corrected chi connectivity index (χ1v) is 8.16. The van der Waals surface area contributed by atoms with Crippen molar-refractivity contribution in [1.82, 2.24) is 0 Å². The molecule has 0 aromatic heterocycles. The SMILES string of the molecule is Cc1ccc(S(=O)(=O)N(C)c2ccccc2CN)cc1C. The zero-order valence-corrected chi connectivity index (χ0v) is 13.3. The van der Waals surface area contributed by atoms with Gasteiger partial charge in [-0.3, -0.25) is 4.31 Å². The minimum Gasteiger partial charge on any atom is -0.326 e. The first-order chi connectivity index (χ1) is 9.87. The van der Waals surface area contributed by atoms with Crippen molar-refractivity contribution in [3.05, 3.63) is 59.2 Å². The van der Waals surface area contributed by atoms with Crippen LogP contribution in [-0.4, -0.2) is 15.5 Å². The summed E-state index contributed by atoms with van der Waals surface area (Å²) in [5, 5.41) is 0.